The van der Waals surface area contributed by atoms with E-state index in [4.69, 9.17) is 4.74 Å². The van der Waals surface area contributed by atoms with Gasteiger partial charge in [0.05, 0.1) is 7.11 Å². The molecule has 0 saturated carbocycles. The summed E-state index contributed by atoms with van der Waals surface area (Å²) in [5.74, 6) is -0.415. The summed E-state index contributed by atoms with van der Waals surface area (Å²) in [5.41, 5.74) is 0.807. The minimum Gasteiger partial charge on any atom is -0.497 e. The van der Waals surface area contributed by atoms with Gasteiger partial charge < -0.3 is 15.2 Å². The lowest BCUT2D eigenvalue weighted by Gasteiger charge is -2.16. The summed E-state index contributed by atoms with van der Waals surface area (Å²) in [6.07, 6.45) is 0.554. The number of benzene rings is 1. The Kier molecular flexibility index (Phi) is 6.03. The fourth-order valence-electron chi connectivity index (χ4n) is 1.86. The molecule has 0 heterocycles. The summed E-state index contributed by atoms with van der Waals surface area (Å²) in [7, 11) is 1.55. The lowest BCUT2D eigenvalue weighted by atomic mass is 10.0. The number of nitrogens with one attached hydrogen (secondary N) is 1. The van der Waals surface area contributed by atoms with E-state index in [9.17, 15) is 14.7 Å². The van der Waals surface area contributed by atoms with Gasteiger partial charge in [0.15, 0.2) is 0 Å². The third-order valence-electron chi connectivity index (χ3n) is 2.80. The van der Waals surface area contributed by atoms with Crippen LogP contribution in [0.3, 0.4) is 0 Å². The number of carboxylic acids is 1. The number of hydrogen-bond donors (Lipinski definition) is 2. The number of carboxylic acid groups (broad SMARTS) is 1. The topological polar surface area (TPSA) is 75.6 Å². The first-order valence-electron chi connectivity index (χ1n) is 6.57. The molecule has 0 bridgehead atoms. The third-order valence-corrected chi connectivity index (χ3v) is 2.80. The third kappa shape index (κ3) is 5.30. The lowest BCUT2D eigenvalue weighted by molar-refractivity contribution is -0.141. The van der Waals surface area contributed by atoms with E-state index in [1.54, 1.807) is 25.3 Å². The Balaban J connectivity index is 2.71. The normalized spacial score (nSPS) is 12.0. The molecule has 1 atom stereocenters. The van der Waals surface area contributed by atoms with Crippen LogP contribution in [0, 0.1) is 5.92 Å². The van der Waals surface area contributed by atoms with Crippen LogP contribution in [0.5, 0.6) is 5.75 Å². The Morgan fingerprint density at radius 3 is 2.60 bits per heavy atom. The van der Waals surface area contributed by atoms with E-state index < -0.39 is 12.0 Å². The number of ether oxygens (including phenoxy) is 1. The van der Waals surface area contributed by atoms with Crippen LogP contribution in [0.4, 0.5) is 0 Å². The van der Waals surface area contributed by atoms with Gasteiger partial charge >= 0.3 is 5.97 Å². The van der Waals surface area contributed by atoms with Gasteiger partial charge in [-0.05, 0) is 23.6 Å². The first-order chi connectivity index (χ1) is 9.42. The molecule has 0 unspecified atom stereocenters. The van der Waals surface area contributed by atoms with Crippen molar-refractivity contribution in [1.29, 1.82) is 0 Å². The second kappa shape index (κ2) is 7.53. The maximum absolute atomic E-state index is 11.7. The highest BCUT2D eigenvalue weighted by molar-refractivity contribution is 5.83. The molecule has 20 heavy (non-hydrogen) atoms. The van der Waals surface area contributed by atoms with Crippen molar-refractivity contribution in [3.05, 3.63) is 29.8 Å². The number of carbonyl (C=O) groups is 2. The minimum atomic E-state index is -1.04. The molecule has 0 radical (unpaired) electrons. The molecule has 1 amide bonds. The Hall–Kier alpha value is -2.04. The average molecular weight is 279 g/mol. The molecule has 0 spiro atoms. The van der Waals surface area contributed by atoms with E-state index in [0.717, 1.165) is 5.56 Å². The largest absolute Gasteiger partial charge is 0.497 e. The van der Waals surface area contributed by atoms with Crippen molar-refractivity contribution in [3.8, 4) is 5.75 Å². The molecule has 0 aliphatic heterocycles. The fourth-order valence-corrected chi connectivity index (χ4v) is 1.86. The highest BCUT2D eigenvalue weighted by Gasteiger charge is 2.20. The second-order valence-electron chi connectivity index (χ2n) is 5.11. The molecular weight excluding hydrogens is 258 g/mol. The van der Waals surface area contributed by atoms with Crippen LogP contribution >= 0.6 is 0 Å². The van der Waals surface area contributed by atoms with E-state index in [1.165, 1.54) is 0 Å². The fraction of sp³-hybridized carbons (Fsp3) is 0.467. The highest BCUT2D eigenvalue weighted by atomic mass is 16.5. The van der Waals surface area contributed by atoms with Crippen molar-refractivity contribution in [2.75, 3.05) is 7.11 Å². The van der Waals surface area contributed by atoms with Crippen molar-refractivity contribution in [2.24, 2.45) is 5.92 Å². The van der Waals surface area contributed by atoms with Gasteiger partial charge in [0, 0.05) is 12.8 Å². The van der Waals surface area contributed by atoms with Gasteiger partial charge in [-0.1, -0.05) is 26.0 Å². The maximum atomic E-state index is 11.7. The molecule has 0 fully saturated rings. The zero-order chi connectivity index (χ0) is 15.1. The molecule has 5 heteroatoms. The van der Waals surface area contributed by atoms with Crippen LogP contribution in [-0.4, -0.2) is 30.1 Å². The summed E-state index contributed by atoms with van der Waals surface area (Å²) in [6.45, 7) is 3.83. The second-order valence-corrected chi connectivity index (χ2v) is 5.11. The Morgan fingerprint density at radius 2 is 2.05 bits per heavy atom. The molecular formula is C15H21NO4. The van der Waals surface area contributed by atoms with Crippen LogP contribution < -0.4 is 10.1 Å². The average Bonchev–Trinajstić information content (AvgIpc) is 2.37. The molecule has 0 aromatic heterocycles. The molecule has 5 nitrogen and oxygen atoms in total. The van der Waals surface area contributed by atoms with Crippen molar-refractivity contribution in [3.63, 3.8) is 0 Å². The first-order valence-corrected chi connectivity index (χ1v) is 6.57. The molecule has 1 aromatic rings. The predicted octanol–water partition coefficient (Wildman–Crippen LogP) is 1.85. The predicted molar refractivity (Wildman–Crippen MR) is 75.7 cm³/mol. The number of carbonyl (C=O) groups excluding carboxylic acids is 1. The van der Waals surface area contributed by atoms with Crippen molar-refractivity contribution < 1.29 is 19.4 Å². The highest BCUT2D eigenvalue weighted by Crippen LogP contribution is 2.14. The van der Waals surface area contributed by atoms with Gasteiger partial charge in [-0.15, -0.1) is 0 Å². The molecule has 0 saturated heterocycles. The monoisotopic (exact) mass is 279 g/mol. The number of aliphatic carboxylic acids is 1. The van der Waals surface area contributed by atoms with E-state index in [-0.39, 0.29) is 18.2 Å². The van der Waals surface area contributed by atoms with Crippen LogP contribution in [0.25, 0.3) is 0 Å². The van der Waals surface area contributed by atoms with Crippen molar-refractivity contribution in [1.82, 2.24) is 5.32 Å². The van der Waals surface area contributed by atoms with E-state index in [1.807, 2.05) is 19.9 Å². The van der Waals surface area contributed by atoms with Crippen LogP contribution in [-0.2, 0) is 16.0 Å². The van der Waals surface area contributed by atoms with Gasteiger partial charge in [0.1, 0.15) is 11.8 Å². The summed E-state index contributed by atoms with van der Waals surface area (Å²) >= 11 is 0. The Labute approximate surface area is 118 Å². The van der Waals surface area contributed by atoms with Gasteiger partial charge in [0.2, 0.25) is 5.91 Å². The van der Waals surface area contributed by atoms with Gasteiger partial charge in [-0.3, -0.25) is 4.79 Å². The molecule has 1 rings (SSSR count). The number of methoxy groups -OCH3 is 1. The molecule has 0 aliphatic carbocycles. The molecule has 1 aromatic carbocycles. The Morgan fingerprint density at radius 1 is 1.35 bits per heavy atom. The molecule has 110 valence electrons. The quantitative estimate of drug-likeness (QED) is 0.798. The SMILES string of the molecule is COc1cccc(C[C@H](NC(=O)CC(C)C)C(=O)O)c1. The standard InChI is InChI=1S/C15H21NO4/c1-10(2)7-14(17)16-13(15(18)19)9-11-5-4-6-12(8-11)20-3/h4-6,8,10,13H,7,9H2,1-3H3,(H,16,17)(H,18,19)/t13-/m0/s1. The van der Waals surface area contributed by atoms with Crippen molar-refractivity contribution in [2.45, 2.75) is 32.7 Å². The lowest BCUT2D eigenvalue weighted by Crippen LogP contribution is -2.42. The van der Waals surface area contributed by atoms with Crippen LogP contribution in [0.2, 0.25) is 0 Å². The smallest absolute Gasteiger partial charge is 0.326 e. The van der Waals surface area contributed by atoms with Crippen molar-refractivity contribution >= 4 is 11.9 Å². The van der Waals surface area contributed by atoms with E-state index in [2.05, 4.69) is 5.32 Å². The summed E-state index contributed by atoms with van der Waals surface area (Å²) in [4.78, 5) is 22.9. The van der Waals surface area contributed by atoms with Gasteiger partial charge in [0.25, 0.3) is 0 Å². The van der Waals surface area contributed by atoms with Crippen LogP contribution in [0.15, 0.2) is 24.3 Å². The molecule has 0 aliphatic rings. The number of hydrogen-bond acceptors (Lipinski definition) is 3. The summed E-state index contributed by atoms with van der Waals surface area (Å²) in [6, 6.07) is 6.24. The van der Waals surface area contributed by atoms with E-state index in [0.29, 0.717) is 12.2 Å². The van der Waals surface area contributed by atoms with Gasteiger partial charge in [-0.25, -0.2) is 4.79 Å². The zero-order valence-electron chi connectivity index (χ0n) is 12.1. The zero-order valence-corrected chi connectivity index (χ0v) is 12.1. The Bertz CT molecular complexity index is 471. The summed E-state index contributed by atoms with van der Waals surface area (Å²) < 4.78 is 5.10. The first kappa shape index (κ1) is 16.0. The van der Waals surface area contributed by atoms with E-state index >= 15 is 0 Å². The van der Waals surface area contributed by atoms with Crippen LogP contribution in [0.1, 0.15) is 25.8 Å². The number of amides is 1. The summed E-state index contributed by atoms with van der Waals surface area (Å²) in [5, 5.41) is 11.8. The molecule has 2 N–H and O–H groups in total. The maximum Gasteiger partial charge on any atom is 0.326 e. The minimum absolute atomic E-state index is 0.196. The number of rotatable bonds is 7. The van der Waals surface area contributed by atoms with Gasteiger partial charge in [-0.2, -0.15) is 0 Å².